The lowest BCUT2D eigenvalue weighted by Crippen LogP contribution is -2.45. The van der Waals surface area contributed by atoms with Gasteiger partial charge >= 0.3 is 0 Å². The van der Waals surface area contributed by atoms with Gasteiger partial charge in [0.25, 0.3) is 5.91 Å². The van der Waals surface area contributed by atoms with Crippen LogP contribution in [0.2, 0.25) is 5.02 Å². The van der Waals surface area contributed by atoms with Crippen LogP contribution in [-0.4, -0.2) is 23.2 Å². The molecule has 4 nitrogen and oxygen atoms in total. The van der Waals surface area contributed by atoms with Crippen molar-refractivity contribution in [2.75, 3.05) is 5.73 Å². The van der Waals surface area contributed by atoms with Gasteiger partial charge in [-0.1, -0.05) is 24.4 Å². The standard InChI is InChI=1S/C13H17ClN2O2/c14-9-7-8(5-6-10(9)15)13(18)16-11-3-1-2-4-12(11)17/h5-7,11-12,17H,1-4,15H2,(H,16,18). The Morgan fingerprint density at radius 1 is 1.39 bits per heavy atom. The molecule has 2 unspecified atom stereocenters. The SMILES string of the molecule is Nc1ccc(C(=O)NC2CCCCC2O)cc1Cl. The summed E-state index contributed by atoms with van der Waals surface area (Å²) in [5.41, 5.74) is 6.51. The van der Waals surface area contributed by atoms with Crippen LogP contribution in [0.25, 0.3) is 0 Å². The highest BCUT2D eigenvalue weighted by Gasteiger charge is 2.24. The molecule has 0 radical (unpaired) electrons. The van der Waals surface area contributed by atoms with Gasteiger partial charge < -0.3 is 16.2 Å². The number of carbonyl (C=O) groups is 1. The second kappa shape index (κ2) is 5.59. The minimum Gasteiger partial charge on any atom is -0.398 e. The molecule has 2 atom stereocenters. The predicted octanol–water partition coefficient (Wildman–Crippen LogP) is 1.96. The van der Waals surface area contributed by atoms with Gasteiger partial charge in [0.1, 0.15) is 0 Å². The normalized spacial score (nSPS) is 23.7. The Bertz CT molecular complexity index is 451. The molecule has 18 heavy (non-hydrogen) atoms. The first-order chi connectivity index (χ1) is 8.58. The van der Waals surface area contributed by atoms with E-state index in [1.807, 2.05) is 0 Å². The third-order valence-corrected chi connectivity index (χ3v) is 3.64. The summed E-state index contributed by atoms with van der Waals surface area (Å²) in [5, 5.41) is 13.0. The number of nitrogens with two attached hydrogens (primary N) is 1. The second-order valence-corrected chi connectivity index (χ2v) is 5.08. The molecule has 0 bridgehead atoms. The van der Waals surface area contributed by atoms with E-state index in [1.165, 1.54) is 0 Å². The third kappa shape index (κ3) is 2.94. The van der Waals surface area contributed by atoms with Gasteiger partial charge in [-0.05, 0) is 31.0 Å². The minimum atomic E-state index is -0.452. The van der Waals surface area contributed by atoms with Crippen LogP contribution in [0.3, 0.4) is 0 Å². The van der Waals surface area contributed by atoms with Crippen molar-refractivity contribution in [3.8, 4) is 0 Å². The maximum Gasteiger partial charge on any atom is 0.251 e. The van der Waals surface area contributed by atoms with E-state index in [0.29, 0.717) is 16.3 Å². The molecule has 2 rings (SSSR count). The van der Waals surface area contributed by atoms with E-state index in [1.54, 1.807) is 18.2 Å². The summed E-state index contributed by atoms with van der Waals surface area (Å²) >= 11 is 5.87. The number of benzene rings is 1. The average Bonchev–Trinajstić information content (AvgIpc) is 2.35. The summed E-state index contributed by atoms with van der Waals surface area (Å²) in [7, 11) is 0. The molecule has 1 aliphatic carbocycles. The molecule has 0 spiro atoms. The molecule has 1 aromatic carbocycles. The van der Waals surface area contributed by atoms with E-state index in [2.05, 4.69) is 5.32 Å². The molecule has 98 valence electrons. The Morgan fingerprint density at radius 3 is 2.78 bits per heavy atom. The van der Waals surface area contributed by atoms with Crippen molar-refractivity contribution in [2.45, 2.75) is 37.8 Å². The molecule has 1 amide bonds. The Kier molecular flexibility index (Phi) is 4.09. The van der Waals surface area contributed by atoms with Crippen LogP contribution in [0, 0.1) is 0 Å². The fraction of sp³-hybridized carbons (Fsp3) is 0.462. The highest BCUT2D eigenvalue weighted by molar-refractivity contribution is 6.33. The molecule has 0 heterocycles. The Hall–Kier alpha value is -1.26. The summed E-state index contributed by atoms with van der Waals surface area (Å²) in [4.78, 5) is 12.0. The molecular weight excluding hydrogens is 252 g/mol. The van der Waals surface area contributed by atoms with Crippen molar-refractivity contribution in [1.82, 2.24) is 5.32 Å². The van der Waals surface area contributed by atoms with Gasteiger partial charge in [0.05, 0.1) is 22.9 Å². The number of anilines is 1. The lowest BCUT2D eigenvalue weighted by molar-refractivity contribution is 0.0717. The van der Waals surface area contributed by atoms with Gasteiger partial charge in [0.15, 0.2) is 0 Å². The molecular formula is C13H17ClN2O2. The Balaban J connectivity index is 2.04. The Morgan fingerprint density at radius 2 is 2.11 bits per heavy atom. The van der Waals surface area contributed by atoms with E-state index >= 15 is 0 Å². The second-order valence-electron chi connectivity index (χ2n) is 4.67. The van der Waals surface area contributed by atoms with E-state index in [-0.39, 0.29) is 11.9 Å². The van der Waals surface area contributed by atoms with Crippen molar-refractivity contribution in [1.29, 1.82) is 0 Å². The van der Waals surface area contributed by atoms with E-state index in [0.717, 1.165) is 25.7 Å². The fourth-order valence-electron chi connectivity index (χ4n) is 2.20. The zero-order chi connectivity index (χ0) is 13.1. The molecule has 4 N–H and O–H groups in total. The van der Waals surface area contributed by atoms with Crippen LogP contribution in [0.15, 0.2) is 18.2 Å². The van der Waals surface area contributed by atoms with Crippen molar-refractivity contribution >= 4 is 23.2 Å². The lowest BCUT2D eigenvalue weighted by Gasteiger charge is -2.28. The van der Waals surface area contributed by atoms with Crippen LogP contribution >= 0.6 is 11.6 Å². The Labute approximate surface area is 111 Å². The van der Waals surface area contributed by atoms with Gasteiger partial charge in [-0.3, -0.25) is 4.79 Å². The molecule has 0 aromatic heterocycles. The fourth-order valence-corrected chi connectivity index (χ4v) is 2.38. The van der Waals surface area contributed by atoms with Crippen molar-refractivity contribution in [3.05, 3.63) is 28.8 Å². The number of nitrogens with one attached hydrogen (secondary N) is 1. The summed E-state index contributed by atoms with van der Waals surface area (Å²) in [6.07, 6.45) is 3.15. The van der Waals surface area contributed by atoms with Crippen molar-refractivity contribution < 1.29 is 9.90 Å². The predicted molar refractivity (Wildman–Crippen MR) is 71.6 cm³/mol. The van der Waals surface area contributed by atoms with Gasteiger partial charge in [-0.25, -0.2) is 0 Å². The lowest BCUT2D eigenvalue weighted by atomic mass is 9.92. The highest BCUT2D eigenvalue weighted by atomic mass is 35.5. The summed E-state index contributed by atoms with van der Waals surface area (Å²) < 4.78 is 0. The average molecular weight is 269 g/mol. The topological polar surface area (TPSA) is 75.4 Å². The number of carbonyl (C=O) groups excluding carboxylic acids is 1. The zero-order valence-corrected chi connectivity index (χ0v) is 10.8. The monoisotopic (exact) mass is 268 g/mol. The zero-order valence-electron chi connectivity index (χ0n) is 10.0. The van der Waals surface area contributed by atoms with Gasteiger partial charge in [-0.2, -0.15) is 0 Å². The number of rotatable bonds is 2. The van der Waals surface area contributed by atoms with Gasteiger partial charge in [-0.15, -0.1) is 0 Å². The first kappa shape index (κ1) is 13.2. The number of hydrogen-bond acceptors (Lipinski definition) is 3. The molecule has 1 saturated carbocycles. The number of aliphatic hydroxyl groups is 1. The number of halogens is 1. The maximum atomic E-state index is 12.0. The van der Waals surface area contributed by atoms with Gasteiger partial charge in [0, 0.05) is 5.56 Å². The number of hydrogen-bond donors (Lipinski definition) is 3. The summed E-state index contributed by atoms with van der Waals surface area (Å²) in [6, 6.07) is 4.62. The third-order valence-electron chi connectivity index (χ3n) is 3.31. The molecule has 5 heteroatoms. The summed E-state index contributed by atoms with van der Waals surface area (Å²) in [5.74, 6) is -0.220. The molecule has 0 saturated heterocycles. The van der Waals surface area contributed by atoms with Crippen LogP contribution in [-0.2, 0) is 0 Å². The first-order valence-corrected chi connectivity index (χ1v) is 6.49. The van der Waals surface area contributed by atoms with E-state index in [4.69, 9.17) is 17.3 Å². The van der Waals surface area contributed by atoms with Crippen LogP contribution in [0.1, 0.15) is 36.0 Å². The quantitative estimate of drug-likeness (QED) is 0.718. The van der Waals surface area contributed by atoms with Crippen LogP contribution in [0.5, 0.6) is 0 Å². The largest absolute Gasteiger partial charge is 0.398 e. The number of amides is 1. The molecule has 1 fully saturated rings. The maximum absolute atomic E-state index is 12.0. The van der Waals surface area contributed by atoms with Crippen molar-refractivity contribution in [3.63, 3.8) is 0 Å². The van der Waals surface area contributed by atoms with Crippen molar-refractivity contribution in [2.24, 2.45) is 0 Å². The summed E-state index contributed by atoms with van der Waals surface area (Å²) in [6.45, 7) is 0. The smallest absolute Gasteiger partial charge is 0.251 e. The molecule has 0 aliphatic heterocycles. The number of aliphatic hydroxyl groups excluding tert-OH is 1. The first-order valence-electron chi connectivity index (χ1n) is 6.12. The van der Waals surface area contributed by atoms with Crippen LogP contribution < -0.4 is 11.1 Å². The van der Waals surface area contributed by atoms with E-state index in [9.17, 15) is 9.90 Å². The molecule has 1 aromatic rings. The molecule has 1 aliphatic rings. The van der Waals surface area contributed by atoms with Gasteiger partial charge in [0.2, 0.25) is 0 Å². The highest BCUT2D eigenvalue weighted by Crippen LogP contribution is 2.21. The van der Waals surface area contributed by atoms with E-state index < -0.39 is 6.10 Å². The minimum absolute atomic E-state index is 0.164. The van der Waals surface area contributed by atoms with Crippen LogP contribution in [0.4, 0.5) is 5.69 Å². The number of nitrogen functional groups attached to an aromatic ring is 1.